The van der Waals surface area contributed by atoms with E-state index in [9.17, 15) is 0 Å². The smallest absolute Gasteiger partial charge is 0.138 e. The number of ether oxygens (including phenoxy) is 1. The van der Waals surface area contributed by atoms with Crippen molar-refractivity contribution in [2.75, 3.05) is 6.54 Å². The van der Waals surface area contributed by atoms with Crippen LogP contribution >= 0.6 is 0 Å². The van der Waals surface area contributed by atoms with Gasteiger partial charge in [-0.25, -0.2) is 0 Å². The summed E-state index contributed by atoms with van der Waals surface area (Å²) in [4.78, 5) is 4.43. The molecule has 3 heteroatoms. The molecule has 0 radical (unpaired) electrons. The predicted octanol–water partition coefficient (Wildman–Crippen LogP) is 3.97. The Bertz CT molecular complexity index is 523. The highest BCUT2D eigenvalue weighted by Crippen LogP contribution is 2.20. The molecule has 1 atom stereocenters. The van der Waals surface area contributed by atoms with Crippen molar-refractivity contribution in [1.82, 2.24) is 10.3 Å². The van der Waals surface area contributed by atoms with Crippen LogP contribution in [0.1, 0.15) is 38.1 Å². The number of hydrogen-bond acceptors (Lipinski definition) is 3. The first kappa shape index (κ1) is 15.5. The Morgan fingerprint density at radius 1 is 1.05 bits per heavy atom. The number of benzene rings is 1. The molecule has 0 aliphatic carbocycles. The second-order valence-electron chi connectivity index (χ2n) is 5.68. The molecule has 112 valence electrons. The minimum atomic E-state index is 0.0258. The summed E-state index contributed by atoms with van der Waals surface area (Å²) in [5, 5.41) is 3.38. The second kappa shape index (κ2) is 7.79. The Morgan fingerprint density at radius 2 is 1.81 bits per heavy atom. The van der Waals surface area contributed by atoms with Gasteiger partial charge >= 0.3 is 0 Å². The first-order valence-electron chi connectivity index (χ1n) is 7.52. The van der Waals surface area contributed by atoms with Gasteiger partial charge in [-0.3, -0.25) is 4.98 Å². The molecule has 0 aliphatic rings. The summed E-state index contributed by atoms with van der Waals surface area (Å²) in [5.74, 6) is 1.46. The van der Waals surface area contributed by atoms with E-state index in [0.29, 0.717) is 5.92 Å². The summed E-state index contributed by atoms with van der Waals surface area (Å²) in [6.07, 6.45) is 1.82. The zero-order valence-corrected chi connectivity index (χ0v) is 13.0. The Kier molecular flexibility index (Phi) is 5.76. The van der Waals surface area contributed by atoms with Gasteiger partial charge in [-0.15, -0.1) is 0 Å². The van der Waals surface area contributed by atoms with Gasteiger partial charge in [-0.05, 0) is 37.1 Å². The van der Waals surface area contributed by atoms with Gasteiger partial charge in [0.25, 0.3) is 0 Å². The van der Waals surface area contributed by atoms with Crippen LogP contribution in [0.2, 0.25) is 0 Å². The molecule has 0 saturated heterocycles. The number of hydrogen-bond donors (Lipinski definition) is 1. The fourth-order valence-corrected chi connectivity index (χ4v) is 2.07. The van der Waals surface area contributed by atoms with Crippen molar-refractivity contribution in [2.24, 2.45) is 5.92 Å². The average molecular weight is 284 g/mol. The van der Waals surface area contributed by atoms with Crippen LogP contribution < -0.4 is 10.1 Å². The monoisotopic (exact) mass is 284 g/mol. The average Bonchev–Trinajstić information content (AvgIpc) is 2.49. The third kappa shape index (κ3) is 5.20. The van der Waals surface area contributed by atoms with E-state index in [4.69, 9.17) is 4.74 Å². The van der Waals surface area contributed by atoms with Crippen molar-refractivity contribution in [3.8, 4) is 5.75 Å². The molecular weight excluding hydrogens is 260 g/mol. The Hall–Kier alpha value is -1.87. The Labute approximate surface area is 127 Å². The Balaban J connectivity index is 1.87. The van der Waals surface area contributed by atoms with Gasteiger partial charge in [0, 0.05) is 6.54 Å². The molecule has 0 aliphatic heterocycles. The zero-order chi connectivity index (χ0) is 15.1. The maximum Gasteiger partial charge on any atom is 0.138 e. The normalized spacial score (nSPS) is 12.4. The third-order valence-electron chi connectivity index (χ3n) is 3.24. The van der Waals surface area contributed by atoms with Crippen molar-refractivity contribution in [2.45, 2.75) is 33.4 Å². The number of nitrogens with zero attached hydrogens (tertiary/aromatic N) is 1. The van der Waals surface area contributed by atoms with Crippen molar-refractivity contribution in [1.29, 1.82) is 0 Å². The van der Waals surface area contributed by atoms with Crippen LogP contribution in [-0.4, -0.2) is 11.5 Å². The molecule has 0 spiro atoms. The van der Waals surface area contributed by atoms with E-state index >= 15 is 0 Å². The fraction of sp³-hybridized carbons (Fsp3) is 0.389. The van der Waals surface area contributed by atoms with Gasteiger partial charge in [-0.1, -0.05) is 44.2 Å². The van der Waals surface area contributed by atoms with E-state index in [2.05, 4.69) is 36.3 Å². The standard InChI is InChI=1S/C18H24N2O/c1-14(2)11-19-12-17-9-10-18(13-20-17)21-15(3)16-7-5-4-6-8-16/h4-10,13-15,19H,11-12H2,1-3H3. The molecule has 1 N–H and O–H groups in total. The number of nitrogens with one attached hydrogen (secondary N) is 1. The third-order valence-corrected chi connectivity index (χ3v) is 3.24. The molecular formula is C18H24N2O. The molecule has 0 fully saturated rings. The summed E-state index contributed by atoms with van der Waals surface area (Å²) in [7, 11) is 0. The van der Waals surface area contributed by atoms with Crippen LogP contribution in [0.15, 0.2) is 48.7 Å². The van der Waals surface area contributed by atoms with Crippen molar-refractivity contribution in [3.05, 3.63) is 59.9 Å². The van der Waals surface area contributed by atoms with Crippen LogP contribution in [0.5, 0.6) is 5.75 Å². The van der Waals surface area contributed by atoms with E-state index in [0.717, 1.165) is 24.5 Å². The largest absolute Gasteiger partial charge is 0.484 e. The summed E-state index contributed by atoms with van der Waals surface area (Å²) in [5.41, 5.74) is 2.20. The molecule has 0 bridgehead atoms. The minimum absolute atomic E-state index is 0.0258. The lowest BCUT2D eigenvalue weighted by molar-refractivity contribution is 0.226. The van der Waals surface area contributed by atoms with Crippen molar-refractivity contribution < 1.29 is 4.74 Å². The summed E-state index contributed by atoms with van der Waals surface area (Å²) >= 11 is 0. The van der Waals surface area contributed by atoms with E-state index in [1.54, 1.807) is 6.20 Å². The van der Waals surface area contributed by atoms with Gasteiger partial charge in [0.2, 0.25) is 0 Å². The Morgan fingerprint density at radius 3 is 2.43 bits per heavy atom. The van der Waals surface area contributed by atoms with Gasteiger partial charge in [0.1, 0.15) is 11.9 Å². The molecule has 3 nitrogen and oxygen atoms in total. The molecule has 0 amide bonds. The maximum absolute atomic E-state index is 5.92. The highest BCUT2D eigenvalue weighted by molar-refractivity contribution is 5.23. The van der Waals surface area contributed by atoms with Crippen LogP contribution in [0.3, 0.4) is 0 Å². The van der Waals surface area contributed by atoms with Gasteiger partial charge in [-0.2, -0.15) is 0 Å². The number of rotatable bonds is 7. The summed E-state index contributed by atoms with van der Waals surface area (Å²) < 4.78 is 5.92. The molecule has 1 aromatic carbocycles. The van der Waals surface area contributed by atoms with Crippen LogP contribution in [0.25, 0.3) is 0 Å². The molecule has 0 saturated carbocycles. The maximum atomic E-state index is 5.92. The van der Waals surface area contributed by atoms with Gasteiger partial charge in [0.15, 0.2) is 0 Å². The predicted molar refractivity (Wildman–Crippen MR) is 86.3 cm³/mol. The molecule has 1 unspecified atom stereocenters. The van der Waals surface area contributed by atoms with Crippen molar-refractivity contribution in [3.63, 3.8) is 0 Å². The van der Waals surface area contributed by atoms with Crippen LogP contribution in [-0.2, 0) is 6.54 Å². The lowest BCUT2D eigenvalue weighted by Crippen LogP contribution is -2.19. The quantitative estimate of drug-likeness (QED) is 0.835. The van der Waals surface area contributed by atoms with Crippen molar-refractivity contribution >= 4 is 0 Å². The van der Waals surface area contributed by atoms with E-state index < -0.39 is 0 Å². The highest BCUT2D eigenvalue weighted by Gasteiger charge is 2.06. The molecule has 21 heavy (non-hydrogen) atoms. The van der Waals surface area contributed by atoms with E-state index in [1.165, 1.54) is 5.56 Å². The summed E-state index contributed by atoms with van der Waals surface area (Å²) in [6.45, 7) is 8.25. The van der Waals surface area contributed by atoms with Crippen LogP contribution in [0, 0.1) is 5.92 Å². The SMILES string of the molecule is CC(C)CNCc1ccc(OC(C)c2ccccc2)cn1. The van der Waals surface area contributed by atoms with Gasteiger partial charge in [0.05, 0.1) is 11.9 Å². The first-order valence-corrected chi connectivity index (χ1v) is 7.52. The topological polar surface area (TPSA) is 34.1 Å². The van der Waals surface area contributed by atoms with E-state index in [-0.39, 0.29) is 6.10 Å². The lowest BCUT2D eigenvalue weighted by atomic mass is 10.1. The fourth-order valence-electron chi connectivity index (χ4n) is 2.07. The minimum Gasteiger partial charge on any atom is -0.484 e. The van der Waals surface area contributed by atoms with E-state index in [1.807, 2.05) is 37.3 Å². The molecule has 1 aromatic heterocycles. The molecule has 2 aromatic rings. The van der Waals surface area contributed by atoms with Gasteiger partial charge < -0.3 is 10.1 Å². The molecule has 2 rings (SSSR count). The zero-order valence-electron chi connectivity index (χ0n) is 13.0. The first-order chi connectivity index (χ1) is 10.1. The number of pyridine rings is 1. The second-order valence-corrected chi connectivity index (χ2v) is 5.68. The summed E-state index contributed by atoms with van der Waals surface area (Å²) in [6, 6.07) is 14.2. The lowest BCUT2D eigenvalue weighted by Gasteiger charge is -2.15. The number of aromatic nitrogens is 1. The highest BCUT2D eigenvalue weighted by atomic mass is 16.5. The van der Waals surface area contributed by atoms with Crippen LogP contribution in [0.4, 0.5) is 0 Å². The molecule has 1 heterocycles.